The lowest BCUT2D eigenvalue weighted by Gasteiger charge is -2.16. The van der Waals surface area contributed by atoms with Crippen molar-refractivity contribution in [2.45, 2.75) is 13.0 Å². The Morgan fingerprint density at radius 1 is 1.13 bits per heavy atom. The lowest BCUT2D eigenvalue weighted by molar-refractivity contribution is 0.0686. The van der Waals surface area contributed by atoms with Gasteiger partial charge in [-0.05, 0) is 24.6 Å². The molecule has 1 atom stereocenters. The molecule has 0 aliphatic carbocycles. The van der Waals surface area contributed by atoms with Crippen molar-refractivity contribution in [3.63, 3.8) is 0 Å². The second-order valence-corrected chi connectivity index (χ2v) is 5.05. The first-order valence-electron chi connectivity index (χ1n) is 7.16. The minimum Gasteiger partial charge on any atom is -0.485 e. The van der Waals surface area contributed by atoms with E-state index in [2.05, 4.69) is 5.16 Å². The lowest BCUT2D eigenvalue weighted by atomic mass is 10.1. The van der Waals surface area contributed by atoms with Crippen molar-refractivity contribution in [2.24, 2.45) is 0 Å². The van der Waals surface area contributed by atoms with Gasteiger partial charge in [-0.1, -0.05) is 47.6 Å². The molecule has 0 spiro atoms. The van der Waals surface area contributed by atoms with E-state index in [0.29, 0.717) is 17.1 Å². The maximum Gasteiger partial charge on any atom is 0.358 e. The second-order valence-electron chi connectivity index (χ2n) is 5.05. The average molecular weight is 309 g/mol. The van der Waals surface area contributed by atoms with E-state index in [1.54, 1.807) is 6.07 Å². The predicted octanol–water partition coefficient (Wildman–Crippen LogP) is 4.18. The van der Waals surface area contributed by atoms with Crippen LogP contribution in [0.3, 0.4) is 0 Å². The molecule has 3 rings (SSSR count). The van der Waals surface area contributed by atoms with Crippen LogP contribution < -0.4 is 4.74 Å². The first-order valence-corrected chi connectivity index (χ1v) is 7.16. The van der Waals surface area contributed by atoms with Crippen molar-refractivity contribution < 1.29 is 19.2 Å². The standard InChI is InChI=1S/C18H15NO4/c1-12(13-7-3-2-4-8-13)22-16-10-6-5-9-14(16)17-11-15(18(20)21)19-23-17/h2-12H,1H3,(H,20,21). The molecule has 23 heavy (non-hydrogen) atoms. The van der Waals surface area contributed by atoms with Crippen molar-refractivity contribution in [3.05, 3.63) is 71.9 Å². The first kappa shape index (κ1) is 14.8. The predicted molar refractivity (Wildman–Crippen MR) is 84.4 cm³/mol. The minimum atomic E-state index is -1.13. The van der Waals surface area contributed by atoms with Gasteiger partial charge in [0.1, 0.15) is 11.9 Å². The average Bonchev–Trinajstić information content (AvgIpc) is 3.06. The molecule has 0 aliphatic heterocycles. The molecule has 1 heterocycles. The van der Waals surface area contributed by atoms with E-state index in [1.165, 1.54) is 6.07 Å². The molecule has 3 aromatic rings. The highest BCUT2D eigenvalue weighted by Crippen LogP contribution is 2.33. The van der Waals surface area contributed by atoms with Crippen LogP contribution in [-0.2, 0) is 0 Å². The number of hydrogen-bond acceptors (Lipinski definition) is 4. The fourth-order valence-electron chi connectivity index (χ4n) is 2.26. The fourth-order valence-corrected chi connectivity index (χ4v) is 2.26. The molecule has 0 bridgehead atoms. The number of aromatic carboxylic acids is 1. The quantitative estimate of drug-likeness (QED) is 0.765. The molecular formula is C18H15NO4. The van der Waals surface area contributed by atoms with Crippen molar-refractivity contribution in [1.29, 1.82) is 0 Å². The number of para-hydroxylation sites is 1. The summed E-state index contributed by atoms with van der Waals surface area (Å²) in [5, 5.41) is 12.5. The van der Waals surface area contributed by atoms with Crippen LogP contribution >= 0.6 is 0 Å². The summed E-state index contributed by atoms with van der Waals surface area (Å²) in [7, 11) is 0. The van der Waals surface area contributed by atoms with Crippen molar-refractivity contribution in [3.8, 4) is 17.1 Å². The van der Waals surface area contributed by atoms with Gasteiger partial charge >= 0.3 is 5.97 Å². The van der Waals surface area contributed by atoms with E-state index in [0.717, 1.165) is 5.56 Å². The summed E-state index contributed by atoms with van der Waals surface area (Å²) in [6.45, 7) is 1.95. The Labute approximate surface area is 133 Å². The number of carboxylic acid groups (broad SMARTS) is 1. The molecular weight excluding hydrogens is 294 g/mol. The molecule has 0 aliphatic rings. The van der Waals surface area contributed by atoms with Gasteiger partial charge in [0.2, 0.25) is 0 Å². The highest BCUT2D eigenvalue weighted by Gasteiger charge is 2.17. The molecule has 2 aromatic carbocycles. The number of hydrogen-bond donors (Lipinski definition) is 1. The molecule has 0 radical (unpaired) electrons. The summed E-state index contributed by atoms with van der Waals surface area (Å²) >= 11 is 0. The number of rotatable bonds is 5. The van der Waals surface area contributed by atoms with Gasteiger partial charge in [-0.15, -0.1) is 0 Å². The van der Waals surface area contributed by atoms with E-state index in [9.17, 15) is 4.79 Å². The number of ether oxygens (including phenoxy) is 1. The number of aromatic nitrogens is 1. The summed E-state index contributed by atoms with van der Waals surface area (Å²) < 4.78 is 11.1. The number of carboxylic acids is 1. The van der Waals surface area contributed by atoms with Gasteiger partial charge in [0.15, 0.2) is 11.5 Å². The molecule has 1 N–H and O–H groups in total. The maximum absolute atomic E-state index is 10.9. The smallest absolute Gasteiger partial charge is 0.358 e. The third-order valence-electron chi connectivity index (χ3n) is 3.45. The Bertz CT molecular complexity index is 811. The van der Waals surface area contributed by atoms with Crippen molar-refractivity contribution in [1.82, 2.24) is 5.16 Å². The normalized spacial score (nSPS) is 11.9. The Hall–Kier alpha value is -3.08. The van der Waals surface area contributed by atoms with Gasteiger partial charge in [-0.2, -0.15) is 0 Å². The molecule has 116 valence electrons. The molecule has 1 unspecified atom stereocenters. The lowest BCUT2D eigenvalue weighted by Crippen LogP contribution is -2.03. The summed E-state index contributed by atoms with van der Waals surface area (Å²) in [5.41, 5.74) is 1.58. The second kappa shape index (κ2) is 6.36. The van der Waals surface area contributed by atoms with Gasteiger partial charge in [0.05, 0.1) is 5.56 Å². The molecule has 0 saturated carbocycles. The van der Waals surface area contributed by atoms with Gasteiger partial charge in [-0.3, -0.25) is 0 Å². The Morgan fingerprint density at radius 3 is 2.52 bits per heavy atom. The van der Waals surface area contributed by atoms with E-state index in [1.807, 2.05) is 55.5 Å². The third kappa shape index (κ3) is 3.23. The molecule has 5 heteroatoms. The van der Waals surface area contributed by atoms with Crippen LogP contribution in [0.1, 0.15) is 29.1 Å². The SMILES string of the molecule is CC(Oc1ccccc1-c1cc(C(=O)O)no1)c1ccccc1. The van der Waals surface area contributed by atoms with Gasteiger partial charge in [-0.25, -0.2) is 4.79 Å². The van der Waals surface area contributed by atoms with E-state index in [4.69, 9.17) is 14.4 Å². The highest BCUT2D eigenvalue weighted by molar-refractivity contribution is 5.86. The molecule has 5 nitrogen and oxygen atoms in total. The zero-order valence-corrected chi connectivity index (χ0v) is 12.5. The van der Waals surface area contributed by atoms with Crippen LogP contribution in [-0.4, -0.2) is 16.2 Å². The Morgan fingerprint density at radius 2 is 1.83 bits per heavy atom. The van der Waals surface area contributed by atoms with Crippen LogP contribution in [0, 0.1) is 0 Å². The zero-order chi connectivity index (χ0) is 16.2. The van der Waals surface area contributed by atoms with E-state index in [-0.39, 0.29) is 11.8 Å². The molecule has 0 amide bonds. The van der Waals surface area contributed by atoms with Crippen molar-refractivity contribution >= 4 is 5.97 Å². The number of benzene rings is 2. The Kier molecular flexibility index (Phi) is 4.10. The molecule has 1 aromatic heterocycles. The van der Waals surface area contributed by atoms with E-state index < -0.39 is 5.97 Å². The van der Waals surface area contributed by atoms with Gasteiger partial charge in [0, 0.05) is 6.07 Å². The molecule has 0 saturated heterocycles. The minimum absolute atomic E-state index is 0.133. The zero-order valence-electron chi connectivity index (χ0n) is 12.5. The van der Waals surface area contributed by atoms with Crippen LogP contribution in [0.25, 0.3) is 11.3 Å². The fraction of sp³-hybridized carbons (Fsp3) is 0.111. The van der Waals surface area contributed by atoms with Crippen molar-refractivity contribution in [2.75, 3.05) is 0 Å². The number of nitrogens with zero attached hydrogens (tertiary/aromatic N) is 1. The summed E-state index contributed by atoms with van der Waals surface area (Å²) in [4.78, 5) is 10.9. The van der Waals surface area contributed by atoms with Crippen LogP contribution in [0.5, 0.6) is 5.75 Å². The van der Waals surface area contributed by atoms with Crippen LogP contribution in [0.15, 0.2) is 65.2 Å². The third-order valence-corrected chi connectivity index (χ3v) is 3.45. The highest BCUT2D eigenvalue weighted by atomic mass is 16.5. The maximum atomic E-state index is 10.9. The van der Waals surface area contributed by atoms with Gasteiger partial charge < -0.3 is 14.4 Å². The summed E-state index contributed by atoms with van der Waals surface area (Å²) in [6, 6.07) is 18.5. The van der Waals surface area contributed by atoms with Crippen LogP contribution in [0.4, 0.5) is 0 Å². The van der Waals surface area contributed by atoms with Gasteiger partial charge in [0.25, 0.3) is 0 Å². The van der Waals surface area contributed by atoms with E-state index >= 15 is 0 Å². The Balaban J connectivity index is 1.90. The largest absolute Gasteiger partial charge is 0.485 e. The number of carbonyl (C=O) groups is 1. The topological polar surface area (TPSA) is 72.6 Å². The molecule has 0 fully saturated rings. The monoisotopic (exact) mass is 309 g/mol. The summed E-state index contributed by atoms with van der Waals surface area (Å²) in [5.74, 6) is -0.161. The van der Waals surface area contributed by atoms with Crippen LogP contribution in [0.2, 0.25) is 0 Å². The first-order chi connectivity index (χ1) is 11.1. The summed E-state index contributed by atoms with van der Waals surface area (Å²) in [6.07, 6.45) is -0.154.